The highest BCUT2D eigenvalue weighted by Gasteiger charge is 2.15. The number of sulfonamides is 1. The van der Waals surface area contributed by atoms with Gasteiger partial charge in [0.15, 0.2) is 5.82 Å². The van der Waals surface area contributed by atoms with Gasteiger partial charge in [-0.2, -0.15) is 5.10 Å². The van der Waals surface area contributed by atoms with Crippen LogP contribution in [0.3, 0.4) is 0 Å². The number of nitrogens with zero attached hydrogens (tertiary/aromatic N) is 2. The average Bonchev–Trinajstić information content (AvgIpc) is 2.74. The van der Waals surface area contributed by atoms with Crippen LogP contribution in [0.2, 0.25) is 0 Å². The van der Waals surface area contributed by atoms with E-state index < -0.39 is 10.0 Å². The molecule has 6 heteroatoms. The van der Waals surface area contributed by atoms with Gasteiger partial charge in [0.25, 0.3) is 10.0 Å². The molecule has 0 spiro atoms. The Balaban J connectivity index is 2.17. The molecule has 1 heterocycles. The molecule has 20 heavy (non-hydrogen) atoms. The summed E-state index contributed by atoms with van der Waals surface area (Å²) < 4.78 is 28.4. The van der Waals surface area contributed by atoms with E-state index in [4.69, 9.17) is 0 Å². The van der Waals surface area contributed by atoms with Crippen LogP contribution in [0.1, 0.15) is 19.4 Å². The van der Waals surface area contributed by atoms with Crippen LogP contribution in [0.25, 0.3) is 0 Å². The molecule has 0 saturated carbocycles. The second-order valence-corrected chi connectivity index (χ2v) is 6.90. The Kier molecular flexibility index (Phi) is 4.13. The molecule has 0 atom stereocenters. The predicted molar refractivity (Wildman–Crippen MR) is 79.0 cm³/mol. The molecule has 2 rings (SSSR count). The molecule has 0 fully saturated rings. The molecule has 0 aliphatic carbocycles. The van der Waals surface area contributed by atoms with Gasteiger partial charge in [0.2, 0.25) is 0 Å². The summed E-state index contributed by atoms with van der Waals surface area (Å²) >= 11 is 0. The quantitative estimate of drug-likeness (QED) is 0.920. The summed E-state index contributed by atoms with van der Waals surface area (Å²) in [5.41, 5.74) is 1.14. The van der Waals surface area contributed by atoms with Gasteiger partial charge < -0.3 is 0 Å². The first-order valence-corrected chi connectivity index (χ1v) is 7.96. The van der Waals surface area contributed by atoms with E-state index in [0.29, 0.717) is 11.7 Å². The maximum atomic E-state index is 12.2. The van der Waals surface area contributed by atoms with Gasteiger partial charge in [0.05, 0.1) is 4.90 Å². The minimum Gasteiger partial charge on any atom is -0.274 e. The van der Waals surface area contributed by atoms with E-state index in [9.17, 15) is 8.42 Å². The van der Waals surface area contributed by atoms with Gasteiger partial charge in [0.1, 0.15) is 0 Å². The fourth-order valence-electron chi connectivity index (χ4n) is 1.94. The molecule has 0 bridgehead atoms. The molecule has 2 aromatic rings. The zero-order valence-electron chi connectivity index (χ0n) is 11.9. The zero-order chi connectivity index (χ0) is 14.8. The van der Waals surface area contributed by atoms with Crippen LogP contribution in [0, 0.1) is 5.92 Å². The highest BCUT2D eigenvalue weighted by molar-refractivity contribution is 7.92. The topological polar surface area (TPSA) is 64.0 Å². The molecule has 0 amide bonds. The maximum Gasteiger partial charge on any atom is 0.263 e. The lowest BCUT2D eigenvalue weighted by Gasteiger charge is -2.08. The molecule has 0 aliphatic rings. The Morgan fingerprint density at radius 1 is 1.20 bits per heavy atom. The third-order valence-electron chi connectivity index (χ3n) is 2.83. The first kappa shape index (κ1) is 14.6. The molecular formula is C14H19N3O2S. The van der Waals surface area contributed by atoms with Crippen molar-refractivity contribution in [3.05, 3.63) is 42.1 Å². The van der Waals surface area contributed by atoms with Crippen molar-refractivity contribution in [3.8, 4) is 0 Å². The van der Waals surface area contributed by atoms with E-state index in [1.165, 1.54) is 0 Å². The van der Waals surface area contributed by atoms with Gasteiger partial charge >= 0.3 is 0 Å². The van der Waals surface area contributed by atoms with Crippen molar-refractivity contribution in [2.24, 2.45) is 13.0 Å². The lowest BCUT2D eigenvalue weighted by Crippen LogP contribution is -2.13. The van der Waals surface area contributed by atoms with Crippen molar-refractivity contribution in [2.75, 3.05) is 4.72 Å². The second kappa shape index (κ2) is 5.66. The molecule has 108 valence electrons. The Morgan fingerprint density at radius 2 is 1.85 bits per heavy atom. The summed E-state index contributed by atoms with van der Waals surface area (Å²) in [6, 6.07) is 8.58. The number of hydrogen-bond acceptors (Lipinski definition) is 3. The number of aryl methyl sites for hydroxylation is 1. The standard InChI is InChI=1S/C14H19N3O2S/c1-11(2)10-12-4-6-13(7-5-12)20(18,19)16-14-8-9-17(3)15-14/h4-9,11H,10H2,1-3H3,(H,15,16). The molecule has 0 aliphatic heterocycles. The number of rotatable bonds is 5. The van der Waals surface area contributed by atoms with Crippen molar-refractivity contribution in [3.63, 3.8) is 0 Å². The van der Waals surface area contributed by atoms with Crippen molar-refractivity contribution >= 4 is 15.8 Å². The minimum absolute atomic E-state index is 0.246. The zero-order valence-corrected chi connectivity index (χ0v) is 12.7. The second-order valence-electron chi connectivity index (χ2n) is 5.22. The van der Waals surface area contributed by atoms with E-state index in [-0.39, 0.29) is 4.90 Å². The van der Waals surface area contributed by atoms with Gasteiger partial charge in [-0.15, -0.1) is 0 Å². The van der Waals surface area contributed by atoms with Gasteiger partial charge in [-0.1, -0.05) is 26.0 Å². The third-order valence-corrected chi connectivity index (χ3v) is 4.20. The van der Waals surface area contributed by atoms with Gasteiger partial charge in [-0.25, -0.2) is 8.42 Å². The molecular weight excluding hydrogens is 274 g/mol. The molecule has 1 aromatic carbocycles. The van der Waals surface area contributed by atoms with Crippen molar-refractivity contribution < 1.29 is 8.42 Å². The SMILES string of the molecule is CC(C)Cc1ccc(S(=O)(=O)Nc2ccn(C)n2)cc1. The van der Waals surface area contributed by atoms with E-state index in [2.05, 4.69) is 23.7 Å². The lowest BCUT2D eigenvalue weighted by molar-refractivity contribution is 0.600. The van der Waals surface area contributed by atoms with Crippen LogP contribution in [-0.4, -0.2) is 18.2 Å². The summed E-state index contributed by atoms with van der Waals surface area (Å²) in [5, 5.41) is 4.00. The maximum absolute atomic E-state index is 12.2. The largest absolute Gasteiger partial charge is 0.274 e. The van der Waals surface area contributed by atoms with Crippen LogP contribution < -0.4 is 4.72 Å². The first-order valence-electron chi connectivity index (χ1n) is 6.48. The number of nitrogens with one attached hydrogen (secondary N) is 1. The summed E-state index contributed by atoms with van der Waals surface area (Å²) in [6.07, 6.45) is 2.62. The van der Waals surface area contributed by atoms with Gasteiger partial charge in [-0.3, -0.25) is 9.40 Å². The molecule has 0 saturated heterocycles. The molecule has 5 nitrogen and oxygen atoms in total. The predicted octanol–water partition coefficient (Wildman–Crippen LogP) is 2.42. The Labute approximate surface area is 119 Å². The fraction of sp³-hybridized carbons (Fsp3) is 0.357. The summed E-state index contributed by atoms with van der Waals surface area (Å²) in [4.78, 5) is 0.246. The molecule has 0 unspecified atom stereocenters. The molecule has 1 N–H and O–H groups in total. The van der Waals surface area contributed by atoms with E-state index in [0.717, 1.165) is 12.0 Å². The Hall–Kier alpha value is -1.82. The van der Waals surface area contributed by atoms with Crippen molar-refractivity contribution in [1.82, 2.24) is 9.78 Å². The van der Waals surface area contributed by atoms with Crippen LogP contribution in [-0.2, 0) is 23.5 Å². The summed E-state index contributed by atoms with van der Waals surface area (Å²) in [7, 11) is -1.84. The third kappa shape index (κ3) is 3.60. The van der Waals surface area contributed by atoms with Crippen molar-refractivity contribution in [1.29, 1.82) is 0 Å². The van der Waals surface area contributed by atoms with E-state index in [1.807, 2.05) is 12.1 Å². The van der Waals surface area contributed by atoms with Crippen LogP contribution in [0.15, 0.2) is 41.4 Å². The van der Waals surface area contributed by atoms with Crippen LogP contribution >= 0.6 is 0 Å². The van der Waals surface area contributed by atoms with E-state index in [1.54, 1.807) is 36.1 Å². The van der Waals surface area contributed by atoms with E-state index >= 15 is 0 Å². The van der Waals surface area contributed by atoms with Crippen LogP contribution in [0.4, 0.5) is 5.82 Å². The summed E-state index contributed by atoms with van der Waals surface area (Å²) in [6.45, 7) is 4.26. The first-order chi connectivity index (χ1) is 9.37. The molecule has 0 radical (unpaired) electrons. The smallest absolute Gasteiger partial charge is 0.263 e. The Bertz CT molecular complexity index is 673. The normalized spacial score (nSPS) is 11.8. The number of aromatic nitrogens is 2. The lowest BCUT2D eigenvalue weighted by atomic mass is 10.0. The monoisotopic (exact) mass is 293 g/mol. The number of anilines is 1. The minimum atomic E-state index is -3.57. The number of hydrogen-bond donors (Lipinski definition) is 1. The summed E-state index contributed by atoms with van der Waals surface area (Å²) in [5.74, 6) is 0.864. The highest BCUT2D eigenvalue weighted by Crippen LogP contribution is 2.16. The van der Waals surface area contributed by atoms with Crippen molar-refractivity contribution in [2.45, 2.75) is 25.2 Å². The number of benzene rings is 1. The van der Waals surface area contributed by atoms with Crippen LogP contribution in [0.5, 0.6) is 0 Å². The molecule has 1 aromatic heterocycles. The average molecular weight is 293 g/mol. The fourth-order valence-corrected chi connectivity index (χ4v) is 2.94. The van der Waals surface area contributed by atoms with Gasteiger partial charge in [-0.05, 0) is 30.0 Å². The highest BCUT2D eigenvalue weighted by atomic mass is 32.2. The van der Waals surface area contributed by atoms with Gasteiger partial charge in [0, 0.05) is 19.3 Å². The Morgan fingerprint density at radius 3 is 2.35 bits per heavy atom.